The first kappa shape index (κ1) is 16.1. The van der Waals surface area contributed by atoms with E-state index in [2.05, 4.69) is 31.4 Å². The van der Waals surface area contributed by atoms with E-state index in [0.29, 0.717) is 11.4 Å². The van der Waals surface area contributed by atoms with Crippen molar-refractivity contribution in [2.45, 2.75) is 32.3 Å². The van der Waals surface area contributed by atoms with Crippen molar-refractivity contribution in [3.63, 3.8) is 0 Å². The largest absolute Gasteiger partial charge is 0.467 e. The van der Waals surface area contributed by atoms with Gasteiger partial charge in [0.1, 0.15) is 11.9 Å². The standard InChI is InChI=1S/C17H22N2O3/c1-17(2,3)12-6-8-13(9-7-12)19-16(21)18-11-14(20)15-5-4-10-22-15/h4-10,14,20H,11H2,1-3H3,(H2,18,19,21). The molecule has 2 amide bonds. The SMILES string of the molecule is CC(C)(C)c1ccc(NC(=O)NCC(O)c2ccco2)cc1. The van der Waals surface area contributed by atoms with E-state index in [1.807, 2.05) is 24.3 Å². The summed E-state index contributed by atoms with van der Waals surface area (Å²) in [5, 5.41) is 15.1. The topological polar surface area (TPSA) is 74.5 Å². The maximum atomic E-state index is 11.8. The van der Waals surface area contributed by atoms with Gasteiger partial charge in [-0.3, -0.25) is 0 Å². The first-order chi connectivity index (χ1) is 10.4. The van der Waals surface area contributed by atoms with Gasteiger partial charge in [0.05, 0.1) is 12.8 Å². The van der Waals surface area contributed by atoms with Crippen LogP contribution in [0.2, 0.25) is 0 Å². The van der Waals surface area contributed by atoms with E-state index >= 15 is 0 Å². The normalized spacial score (nSPS) is 12.7. The van der Waals surface area contributed by atoms with Gasteiger partial charge in [-0.05, 0) is 35.2 Å². The second-order valence-corrected chi connectivity index (χ2v) is 6.19. The van der Waals surface area contributed by atoms with E-state index in [-0.39, 0.29) is 18.0 Å². The lowest BCUT2D eigenvalue weighted by Gasteiger charge is -2.19. The van der Waals surface area contributed by atoms with Crippen molar-refractivity contribution in [3.8, 4) is 0 Å². The Kier molecular flexibility index (Phi) is 4.88. The van der Waals surface area contributed by atoms with Gasteiger partial charge in [0.25, 0.3) is 0 Å². The minimum Gasteiger partial charge on any atom is -0.467 e. The summed E-state index contributed by atoms with van der Waals surface area (Å²) >= 11 is 0. The number of hydrogen-bond donors (Lipinski definition) is 3. The van der Waals surface area contributed by atoms with Crippen molar-refractivity contribution in [2.24, 2.45) is 0 Å². The Morgan fingerprint density at radius 2 is 1.91 bits per heavy atom. The summed E-state index contributed by atoms with van der Waals surface area (Å²) in [7, 11) is 0. The van der Waals surface area contributed by atoms with Crippen LogP contribution in [0, 0.1) is 0 Å². The molecule has 3 N–H and O–H groups in total. The predicted molar refractivity (Wildman–Crippen MR) is 85.8 cm³/mol. The Morgan fingerprint density at radius 3 is 2.45 bits per heavy atom. The average Bonchev–Trinajstić information content (AvgIpc) is 2.98. The van der Waals surface area contributed by atoms with E-state index in [1.165, 1.54) is 11.8 Å². The number of carbonyl (C=O) groups excluding carboxylic acids is 1. The number of benzene rings is 1. The molecule has 1 aromatic heterocycles. The van der Waals surface area contributed by atoms with Gasteiger partial charge in [-0.15, -0.1) is 0 Å². The lowest BCUT2D eigenvalue weighted by atomic mass is 9.87. The molecular formula is C17H22N2O3. The first-order valence-electron chi connectivity index (χ1n) is 7.23. The number of anilines is 1. The molecule has 0 aliphatic rings. The number of amides is 2. The van der Waals surface area contributed by atoms with Gasteiger partial charge in [-0.2, -0.15) is 0 Å². The van der Waals surface area contributed by atoms with Gasteiger partial charge in [0, 0.05) is 5.69 Å². The summed E-state index contributed by atoms with van der Waals surface area (Å²) in [5.41, 5.74) is 1.98. The average molecular weight is 302 g/mol. The highest BCUT2D eigenvalue weighted by Gasteiger charge is 2.14. The second-order valence-electron chi connectivity index (χ2n) is 6.19. The highest BCUT2D eigenvalue weighted by atomic mass is 16.4. The van der Waals surface area contributed by atoms with Gasteiger partial charge >= 0.3 is 6.03 Å². The van der Waals surface area contributed by atoms with Gasteiger partial charge in [-0.1, -0.05) is 32.9 Å². The predicted octanol–water partition coefficient (Wildman–Crippen LogP) is 3.43. The summed E-state index contributed by atoms with van der Waals surface area (Å²) in [6.45, 7) is 6.49. The summed E-state index contributed by atoms with van der Waals surface area (Å²) in [6, 6.07) is 10.7. The fourth-order valence-electron chi connectivity index (χ4n) is 2.00. The van der Waals surface area contributed by atoms with Crippen LogP contribution in [0.5, 0.6) is 0 Å². The molecule has 0 spiro atoms. The molecule has 0 saturated heterocycles. The summed E-state index contributed by atoms with van der Waals surface area (Å²) in [6.07, 6.45) is 0.624. The lowest BCUT2D eigenvalue weighted by Crippen LogP contribution is -2.32. The van der Waals surface area contributed by atoms with Crippen molar-refractivity contribution < 1.29 is 14.3 Å². The van der Waals surface area contributed by atoms with Gasteiger partial charge in [0.15, 0.2) is 0 Å². The number of carbonyl (C=O) groups is 1. The third-order valence-electron chi connectivity index (χ3n) is 3.34. The Hall–Kier alpha value is -2.27. The molecule has 5 nitrogen and oxygen atoms in total. The number of aliphatic hydroxyl groups excluding tert-OH is 1. The van der Waals surface area contributed by atoms with Crippen LogP contribution >= 0.6 is 0 Å². The third-order valence-corrected chi connectivity index (χ3v) is 3.34. The first-order valence-corrected chi connectivity index (χ1v) is 7.23. The smallest absolute Gasteiger partial charge is 0.319 e. The number of urea groups is 1. The van der Waals surface area contributed by atoms with Crippen molar-refractivity contribution >= 4 is 11.7 Å². The number of furan rings is 1. The molecule has 0 aliphatic heterocycles. The maximum Gasteiger partial charge on any atom is 0.319 e. The molecule has 0 aliphatic carbocycles. The van der Waals surface area contributed by atoms with Crippen LogP contribution in [0.15, 0.2) is 47.1 Å². The molecule has 1 atom stereocenters. The number of rotatable bonds is 4. The van der Waals surface area contributed by atoms with Crippen LogP contribution in [-0.2, 0) is 5.41 Å². The molecule has 118 valence electrons. The Morgan fingerprint density at radius 1 is 1.23 bits per heavy atom. The van der Waals surface area contributed by atoms with Crippen molar-refractivity contribution in [1.29, 1.82) is 0 Å². The Labute approximate surface area is 130 Å². The van der Waals surface area contributed by atoms with Gasteiger partial charge in [0.2, 0.25) is 0 Å². The molecule has 2 aromatic rings. The molecule has 22 heavy (non-hydrogen) atoms. The summed E-state index contributed by atoms with van der Waals surface area (Å²) < 4.78 is 5.07. The van der Waals surface area contributed by atoms with Crippen LogP contribution in [0.3, 0.4) is 0 Å². The van der Waals surface area contributed by atoms with Crippen LogP contribution in [0.4, 0.5) is 10.5 Å². The van der Waals surface area contributed by atoms with Crippen LogP contribution in [-0.4, -0.2) is 17.7 Å². The van der Waals surface area contributed by atoms with Crippen LogP contribution in [0.25, 0.3) is 0 Å². The van der Waals surface area contributed by atoms with E-state index < -0.39 is 6.10 Å². The molecule has 0 fully saturated rings. The van der Waals surface area contributed by atoms with Gasteiger partial charge < -0.3 is 20.2 Å². The van der Waals surface area contributed by atoms with Crippen molar-refractivity contribution in [1.82, 2.24) is 5.32 Å². The molecular weight excluding hydrogens is 280 g/mol. The minimum atomic E-state index is -0.857. The minimum absolute atomic E-state index is 0.0773. The zero-order valence-corrected chi connectivity index (χ0v) is 13.1. The molecule has 1 unspecified atom stereocenters. The molecule has 5 heteroatoms. The van der Waals surface area contributed by atoms with Crippen LogP contribution < -0.4 is 10.6 Å². The number of hydrogen-bond acceptors (Lipinski definition) is 3. The summed E-state index contributed by atoms with van der Waals surface area (Å²) in [4.78, 5) is 11.8. The van der Waals surface area contributed by atoms with Crippen molar-refractivity contribution in [2.75, 3.05) is 11.9 Å². The lowest BCUT2D eigenvalue weighted by molar-refractivity contribution is 0.149. The molecule has 1 aromatic carbocycles. The number of aliphatic hydroxyl groups is 1. The highest BCUT2D eigenvalue weighted by Crippen LogP contribution is 2.23. The van der Waals surface area contributed by atoms with Crippen molar-refractivity contribution in [3.05, 3.63) is 54.0 Å². The fraction of sp³-hybridized carbons (Fsp3) is 0.353. The zero-order chi connectivity index (χ0) is 16.2. The van der Waals surface area contributed by atoms with E-state index in [1.54, 1.807) is 12.1 Å². The number of nitrogens with one attached hydrogen (secondary N) is 2. The highest BCUT2D eigenvalue weighted by molar-refractivity contribution is 5.89. The molecule has 2 rings (SSSR count). The molecule has 0 saturated carbocycles. The summed E-state index contributed by atoms with van der Waals surface area (Å²) in [5.74, 6) is 0.426. The van der Waals surface area contributed by atoms with Crippen LogP contribution in [0.1, 0.15) is 38.2 Å². The molecule has 0 radical (unpaired) electrons. The third kappa shape index (κ3) is 4.36. The Bertz CT molecular complexity index is 598. The monoisotopic (exact) mass is 302 g/mol. The molecule has 1 heterocycles. The van der Waals surface area contributed by atoms with E-state index in [9.17, 15) is 9.90 Å². The Balaban J connectivity index is 1.84. The molecule has 0 bridgehead atoms. The van der Waals surface area contributed by atoms with E-state index in [4.69, 9.17) is 4.42 Å². The van der Waals surface area contributed by atoms with Gasteiger partial charge in [-0.25, -0.2) is 4.79 Å². The zero-order valence-electron chi connectivity index (χ0n) is 13.1. The quantitative estimate of drug-likeness (QED) is 0.810. The van der Waals surface area contributed by atoms with E-state index in [0.717, 1.165) is 0 Å². The second kappa shape index (κ2) is 6.66. The fourth-order valence-corrected chi connectivity index (χ4v) is 2.00. The maximum absolute atomic E-state index is 11.8.